The molecule has 0 radical (unpaired) electrons. The highest BCUT2D eigenvalue weighted by atomic mass is 15.2. The van der Waals surface area contributed by atoms with Crippen molar-refractivity contribution in [3.63, 3.8) is 0 Å². The molecule has 2 heterocycles. The van der Waals surface area contributed by atoms with Crippen LogP contribution in [0.4, 0.5) is 0 Å². The zero-order chi connectivity index (χ0) is 19.2. The summed E-state index contributed by atoms with van der Waals surface area (Å²) in [6.45, 7) is 4.89. The molecule has 4 heteroatoms. The number of nitrogens with one attached hydrogen (secondary N) is 1. The normalized spacial score (nSPS) is 21.9. The van der Waals surface area contributed by atoms with E-state index in [4.69, 9.17) is 10.7 Å². The largest absolute Gasteiger partial charge is 0.330 e. The fourth-order valence-corrected chi connectivity index (χ4v) is 4.40. The van der Waals surface area contributed by atoms with Crippen molar-refractivity contribution in [2.24, 2.45) is 5.73 Å². The van der Waals surface area contributed by atoms with Crippen LogP contribution in [-0.4, -0.2) is 42.1 Å². The summed E-state index contributed by atoms with van der Waals surface area (Å²) in [7, 11) is 0. The molecule has 1 saturated carbocycles. The van der Waals surface area contributed by atoms with Crippen molar-refractivity contribution in [3.05, 3.63) is 65.0 Å². The van der Waals surface area contributed by atoms with Crippen LogP contribution < -0.4 is 11.1 Å². The highest BCUT2D eigenvalue weighted by Crippen LogP contribution is 2.41. The summed E-state index contributed by atoms with van der Waals surface area (Å²) in [5.74, 6) is 0.748. The molecule has 4 nitrogen and oxygen atoms in total. The molecule has 0 aromatic carbocycles. The third-order valence-corrected chi connectivity index (χ3v) is 6.12. The minimum Gasteiger partial charge on any atom is -0.330 e. The molecular formula is C24H34N4. The summed E-state index contributed by atoms with van der Waals surface area (Å²) in [5, 5.41) is 3.78. The number of unbranched alkanes of at least 4 members (excludes halogenated alkanes) is 1. The maximum atomic E-state index is 5.75. The van der Waals surface area contributed by atoms with E-state index in [2.05, 4.69) is 46.7 Å². The van der Waals surface area contributed by atoms with Gasteiger partial charge in [-0.05, 0) is 80.3 Å². The van der Waals surface area contributed by atoms with Gasteiger partial charge in [0.05, 0.1) is 5.69 Å². The van der Waals surface area contributed by atoms with E-state index in [9.17, 15) is 0 Å². The van der Waals surface area contributed by atoms with Gasteiger partial charge in [-0.25, -0.2) is 0 Å². The fourth-order valence-electron chi connectivity index (χ4n) is 4.40. The number of fused-ring (bicyclic) bond motifs is 1. The second-order valence-corrected chi connectivity index (χ2v) is 8.41. The van der Waals surface area contributed by atoms with E-state index in [-0.39, 0.29) is 0 Å². The fraction of sp³-hybridized carbons (Fsp3) is 0.542. The first-order valence-corrected chi connectivity index (χ1v) is 11.0. The van der Waals surface area contributed by atoms with Gasteiger partial charge in [0, 0.05) is 31.9 Å². The van der Waals surface area contributed by atoms with Crippen LogP contribution in [0.15, 0.2) is 53.8 Å². The number of piperidine rings is 1. The van der Waals surface area contributed by atoms with Gasteiger partial charge in [-0.2, -0.15) is 0 Å². The van der Waals surface area contributed by atoms with E-state index in [1.165, 1.54) is 35.2 Å². The predicted molar refractivity (Wildman–Crippen MR) is 116 cm³/mol. The van der Waals surface area contributed by atoms with Gasteiger partial charge in [0.15, 0.2) is 0 Å². The van der Waals surface area contributed by atoms with Crippen molar-refractivity contribution in [1.29, 1.82) is 0 Å². The minimum absolute atomic E-state index is 0.501. The van der Waals surface area contributed by atoms with E-state index >= 15 is 0 Å². The maximum Gasteiger partial charge on any atom is 0.0578 e. The minimum atomic E-state index is 0.501. The summed E-state index contributed by atoms with van der Waals surface area (Å²) in [6, 6.07) is 4.88. The number of nitrogens with zero attached hydrogens (tertiary/aromatic N) is 2. The first-order valence-electron chi connectivity index (χ1n) is 11.0. The summed E-state index contributed by atoms with van der Waals surface area (Å²) in [5.41, 5.74) is 11.5. The Morgan fingerprint density at radius 2 is 2.14 bits per heavy atom. The second kappa shape index (κ2) is 9.64. The Kier molecular flexibility index (Phi) is 6.73. The lowest BCUT2D eigenvalue weighted by Crippen LogP contribution is -2.45. The molecule has 150 valence electrons. The predicted octanol–water partition coefficient (Wildman–Crippen LogP) is 3.67. The first kappa shape index (κ1) is 19.6. The van der Waals surface area contributed by atoms with Crippen LogP contribution in [0.3, 0.4) is 0 Å². The molecule has 1 unspecified atom stereocenters. The molecule has 3 aliphatic rings. The van der Waals surface area contributed by atoms with Crippen LogP contribution in [0.1, 0.15) is 55.7 Å². The number of rotatable bonds is 9. The Hall–Kier alpha value is -1.75. The third kappa shape index (κ3) is 5.19. The van der Waals surface area contributed by atoms with E-state index in [0.29, 0.717) is 6.04 Å². The summed E-state index contributed by atoms with van der Waals surface area (Å²) in [6.07, 6.45) is 18.2. The molecule has 1 aliphatic heterocycles. The summed E-state index contributed by atoms with van der Waals surface area (Å²) in [4.78, 5) is 7.36. The zero-order valence-electron chi connectivity index (χ0n) is 16.9. The zero-order valence-corrected chi connectivity index (χ0v) is 16.9. The number of hydrogen-bond donors (Lipinski definition) is 2. The average molecular weight is 379 g/mol. The first-order chi connectivity index (χ1) is 13.8. The van der Waals surface area contributed by atoms with Crippen molar-refractivity contribution in [2.45, 2.75) is 57.0 Å². The molecule has 4 rings (SSSR count). The van der Waals surface area contributed by atoms with Crippen molar-refractivity contribution >= 4 is 0 Å². The van der Waals surface area contributed by atoms with Gasteiger partial charge in [-0.15, -0.1) is 0 Å². The van der Waals surface area contributed by atoms with Gasteiger partial charge >= 0.3 is 0 Å². The van der Waals surface area contributed by atoms with Crippen molar-refractivity contribution < 1.29 is 0 Å². The Bertz CT molecular complexity index is 745. The van der Waals surface area contributed by atoms with Gasteiger partial charge in [-0.1, -0.05) is 30.4 Å². The molecule has 0 bridgehead atoms. The van der Waals surface area contributed by atoms with Crippen LogP contribution >= 0.6 is 0 Å². The number of hydrogen-bond acceptors (Lipinski definition) is 4. The molecule has 1 aromatic rings. The molecule has 1 aromatic heterocycles. The van der Waals surface area contributed by atoms with Gasteiger partial charge in [0.1, 0.15) is 0 Å². The molecule has 2 aliphatic carbocycles. The highest BCUT2D eigenvalue weighted by Gasteiger charge is 2.28. The van der Waals surface area contributed by atoms with E-state index in [0.717, 1.165) is 64.3 Å². The van der Waals surface area contributed by atoms with Gasteiger partial charge in [-0.3, -0.25) is 9.88 Å². The third-order valence-electron chi connectivity index (χ3n) is 6.12. The van der Waals surface area contributed by atoms with E-state index in [1.54, 1.807) is 0 Å². The number of nitrogens with two attached hydrogens (primary N) is 1. The van der Waals surface area contributed by atoms with Gasteiger partial charge < -0.3 is 11.1 Å². The SMILES string of the molecule is NCCCCN(Cc1ncccc1C1CC1)CC1CC2=CC=CCC=C2CN1. The molecule has 0 amide bonds. The van der Waals surface area contributed by atoms with Crippen LogP contribution in [-0.2, 0) is 6.54 Å². The average Bonchev–Trinajstić information content (AvgIpc) is 3.56. The van der Waals surface area contributed by atoms with Gasteiger partial charge in [0.2, 0.25) is 0 Å². The molecule has 1 atom stereocenters. The smallest absolute Gasteiger partial charge is 0.0578 e. The Morgan fingerprint density at radius 1 is 1.21 bits per heavy atom. The molecule has 2 fully saturated rings. The molecule has 0 spiro atoms. The lowest BCUT2D eigenvalue weighted by molar-refractivity contribution is 0.224. The maximum absolute atomic E-state index is 5.75. The summed E-state index contributed by atoms with van der Waals surface area (Å²) >= 11 is 0. The quantitative estimate of drug-likeness (QED) is 0.644. The number of pyridine rings is 1. The van der Waals surface area contributed by atoms with Crippen LogP contribution in [0.25, 0.3) is 0 Å². The number of aromatic nitrogens is 1. The van der Waals surface area contributed by atoms with Gasteiger partial charge in [0.25, 0.3) is 0 Å². The van der Waals surface area contributed by atoms with Crippen LogP contribution in [0.5, 0.6) is 0 Å². The van der Waals surface area contributed by atoms with E-state index in [1.807, 2.05) is 6.20 Å². The standard InChI is InChI=1S/C24H34N4/c25-12-4-5-14-28(18-24-23(19-10-11-19)9-6-13-26-24)17-22-15-20-7-2-1-3-8-21(20)16-27-22/h1-2,6-9,13,19,22,27H,3-5,10-12,14-18,25H2. The Morgan fingerprint density at radius 3 is 3.00 bits per heavy atom. The second-order valence-electron chi connectivity index (χ2n) is 8.41. The molecule has 3 N–H and O–H groups in total. The lowest BCUT2D eigenvalue weighted by atomic mass is 9.93. The Balaban J connectivity index is 1.43. The highest BCUT2D eigenvalue weighted by molar-refractivity contribution is 5.40. The molecular weight excluding hydrogens is 344 g/mol. The monoisotopic (exact) mass is 378 g/mol. The van der Waals surface area contributed by atoms with Crippen LogP contribution in [0, 0.1) is 0 Å². The van der Waals surface area contributed by atoms with E-state index < -0.39 is 0 Å². The molecule has 28 heavy (non-hydrogen) atoms. The van der Waals surface area contributed by atoms with Crippen molar-refractivity contribution in [1.82, 2.24) is 15.2 Å². The van der Waals surface area contributed by atoms with Crippen LogP contribution in [0.2, 0.25) is 0 Å². The Labute approximate surface area is 169 Å². The topological polar surface area (TPSA) is 54.2 Å². The van der Waals surface area contributed by atoms with Crippen molar-refractivity contribution in [3.8, 4) is 0 Å². The summed E-state index contributed by atoms with van der Waals surface area (Å²) < 4.78 is 0. The molecule has 1 saturated heterocycles. The number of allylic oxidation sites excluding steroid dienone is 4. The van der Waals surface area contributed by atoms with Crippen molar-refractivity contribution in [2.75, 3.05) is 26.2 Å². The lowest BCUT2D eigenvalue weighted by Gasteiger charge is -2.33.